The van der Waals surface area contributed by atoms with Crippen LogP contribution in [0, 0.1) is 0 Å². The number of hydrogen-bond acceptors (Lipinski definition) is 3. The first-order chi connectivity index (χ1) is 3.83. The molecule has 8 heavy (non-hydrogen) atoms. The normalized spacial score (nSPS) is 9.75. The molecule has 0 bridgehead atoms. The van der Waals surface area contributed by atoms with Crippen molar-refractivity contribution >= 4 is 22.9 Å². The van der Waals surface area contributed by atoms with Crippen LogP contribution < -0.4 is 0 Å². The Kier molecular flexibility index (Phi) is 1.83. The Morgan fingerprint density at radius 2 is 2.62 bits per heavy atom. The molecule has 1 aromatic rings. The average molecular weight is 150 g/mol. The number of aliphatic hydroxyl groups excluding tert-OH is 1. The van der Waals surface area contributed by atoms with Gasteiger partial charge in [0.2, 0.25) is 0 Å². The minimum atomic E-state index is -0.0165. The van der Waals surface area contributed by atoms with Gasteiger partial charge in [0, 0.05) is 5.38 Å². The molecule has 0 aliphatic heterocycles. The zero-order valence-electron chi connectivity index (χ0n) is 3.97. The molecule has 0 unspecified atom stereocenters. The zero-order valence-corrected chi connectivity index (χ0v) is 5.54. The van der Waals surface area contributed by atoms with Crippen LogP contribution in [-0.4, -0.2) is 10.1 Å². The highest BCUT2D eigenvalue weighted by Crippen LogP contribution is 2.12. The van der Waals surface area contributed by atoms with Gasteiger partial charge in [0.05, 0.1) is 6.61 Å². The number of aromatic nitrogens is 1. The molecule has 0 spiro atoms. The summed E-state index contributed by atoms with van der Waals surface area (Å²) in [5, 5.41) is 11.2. The number of thiazole rings is 1. The summed E-state index contributed by atoms with van der Waals surface area (Å²) in [5.41, 5.74) is 0. The lowest BCUT2D eigenvalue weighted by Crippen LogP contribution is -1.76. The van der Waals surface area contributed by atoms with E-state index in [4.69, 9.17) is 16.7 Å². The van der Waals surface area contributed by atoms with Gasteiger partial charge in [-0.05, 0) is 0 Å². The fraction of sp³-hybridized carbons (Fsp3) is 0.250. The molecule has 0 saturated carbocycles. The predicted octanol–water partition coefficient (Wildman–Crippen LogP) is 1.29. The van der Waals surface area contributed by atoms with Crippen molar-refractivity contribution in [3.8, 4) is 0 Å². The van der Waals surface area contributed by atoms with E-state index >= 15 is 0 Å². The number of halogens is 1. The molecule has 0 aliphatic rings. The monoisotopic (exact) mass is 149 g/mol. The highest BCUT2D eigenvalue weighted by Gasteiger charge is 1.94. The van der Waals surface area contributed by atoms with E-state index in [-0.39, 0.29) is 6.61 Å². The van der Waals surface area contributed by atoms with Gasteiger partial charge >= 0.3 is 0 Å². The molecule has 0 saturated heterocycles. The molecule has 0 amide bonds. The van der Waals surface area contributed by atoms with E-state index in [0.717, 1.165) is 0 Å². The van der Waals surface area contributed by atoms with Crippen LogP contribution in [0.2, 0.25) is 5.15 Å². The van der Waals surface area contributed by atoms with Gasteiger partial charge in [-0.2, -0.15) is 0 Å². The van der Waals surface area contributed by atoms with Crippen LogP contribution in [-0.2, 0) is 6.61 Å². The Morgan fingerprint density at radius 3 is 2.88 bits per heavy atom. The van der Waals surface area contributed by atoms with Crippen LogP contribution in [0.4, 0.5) is 0 Å². The molecule has 1 aromatic heterocycles. The summed E-state index contributed by atoms with van der Waals surface area (Å²) in [5.74, 6) is 0. The fourth-order valence-electron chi connectivity index (χ4n) is 0.361. The van der Waals surface area contributed by atoms with Crippen LogP contribution in [0.15, 0.2) is 5.38 Å². The van der Waals surface area contributed by atoms with E-state index in [0.29, 0.717) is 10.2 Å². The van der Waals surface area contributed by atoms with E-state index in [1.807, 2.05) is 0 Å². The van der Waals surface area contributed by atoms with Crippen LogP contribution in [0.25, 0.3) is 0 Å². The first-order valence-electron chi connectivity index (χ1n) is 2.03. The Balaban J connectivity index is 2.84. The van der Waals surface area contributed by atoms with Crippen LogP contribution >= 0.6 is 22.9 Å². The summed E-state index contributed by atoms with van der Waals surface area (Å²) in [6.07, 6.45) is 0. The quantitative estimate of drug-likeness (QED) is 0.653. The maximum atomic E-state index is 8.44. The molecule has 44 valence electrons. The molecule has 0 aliphatic carbocycles. The lowest BCUT2D eigenvalue weighted by Gasteiger charge is -1.78. The van der Waals surface area contributed by atoms with Gasteiger partial charge in [0.25, 0.3) is 0 Å². The summed E-state index contributed by atoms with van der Waals surface area (Å²) in [6, 6.07) is 0. The highest BCUT2D eigenvalue weighted by molar-refractivity contribution is 7.10. The van der Waals surface area contributed by atoms with Gasteiger partial charge < -0.3 is 5.11 Å². The van der Waals surface area contributed by atoms with Crippen molar-refractivity contribution < 1.29 is 5.11 Å². The lowest BCUT2D eigenvalue weighted by atomic mass is 10.8. The molecular formula is C4H4ClNOS. The standard InChI is InChI=1S/C4H4ClNOS/c5-3-2-8-4(1-7)6-3/h2,7H,1H2. The minimum absolute atomic E-state index is 0.0165. The topological polar surface area (TPSA) is 33.1 Å². The third-order valence-corrected chi connectivity index (χ3v) is 1.82. The maximum absolute atomic E-state index is 8.44. The van der Waals surface area contributed by atoms with Crippen molar-refractivity contribution in [1.29, 1.82) is 0 Å². The second-order valence-corrected chi connectivity index (χ2v) is 2.55. The molecule has 1 rings (SSSR count). The van der Waals surface area contributed by atoms with Crippen LogP contribution in [0.1, 0.15) is 5.01 Å². The first-order valence-corrected chi connectivity index (χ1v) is 3.29. The van der Waals surface area contributed by atoms with Gasteiger partial charge in [-0.15, -0.1) is 11.3 Å². The average Bonchev–Trinajstić information content (AvgIpc) is 2.14. The van der Waals surface area contributed by atoms with Gasteiger partial charge in [-0.3, -0.25) is 0 Å². The van der Waals surface area contributed by atoms with Crippen molar-refractivity contribution in [2.24, 2.45) is 0 Å². The molecule has 0 aromatic carbocycles. The second kappa shape index (κ2) is 2.44. The van der Waals surface area contributed by atoms with Crippen molar-refractivity contribution in [3.63, 3.8) is 0 Å². The van der Waals surface area contributed by atoms with E-state index < -0.39 is 0 Å². The van der Waals surface area contributed by atoms with Gasteiger partial charge in [-0.25, -0.2) is 4.98 Å². The Morgan fingerprint density at radius 1 is 1.88 bits per heavy atom. The summed E-state index contributed by atoms with van der Waals surface area (Å²) in [7, 11) is 0. The van der Waals surface area contributed by atoms with Crippen LogP contribution in [0.3, 0.4) is 0 Å². The molecule has 0 radical (unpaired) electrons. The van der Waals surface area contributed by atoms with Crippen molar-refractivity contribution in [1.82, 2.24) is 4.98 Å². The molecule has 1 heterocycles. The van der Waals surface area contributed by atoms with E-state index in [1.165, 1.54) is 11.3 Å². The van der Waals surface area contributed by atoms with E-state index in [9.17, 15) is 0 Å². The van der Waals surface area contributed by atoms with E-state index in [1.54, 1.807) is 5.38 Å². The fourth-order valence-corrected chi connectivity index (χ4v) is 1.16. The SMILES string of the molecule is OCc1nc(Cl)cs1. The number of nitrogens with zero attached hydrogens (tertiary/aromatic N) is 1. The molecule has 2 nitrogen and oxygen atoms in total. The number of hydrogen-bond donors (Lipinski definition) is 1. The van der Waals surface area contributed by atoms with Gasteiger partial charge in [0.15, 0.2) is 0 Å². The third kappa shape index (κ3) is 1.18. The van der Waals surface area contributed by atoms with E-state index in [2.05, 4.69) is 4.98 Å². The highest BCUT2D eigenvalue weighted by atomic mass is 35.5. The summed E-state index contributed by atoms with van der Waals surface area (Å²) >= 11 is 6.78. The van der Waals surface area contributed by atoms with Crippen molar-refractivity contribution in [3.05, 3.63) is 15.5 Å². The second-order valence-electron chi connectivity index (χ2n) is 1.22. The molecule has 0 atom stereocenters. The lowest BCUT2D eigenvalue weighted by molar-refractivity contribution is 0.281. The first kappa shape index (κ1) is 6.01. The third-order valence-electron chi connectivity index (χ3n) is 0.659. The smallest absolute Gasteiger partial charge is 0.140 e. The Hall–Kier alpha value is -0.120. The number of aliphatic hydroxyl groups is 1. The summed E-state index contributed by atoms with van der Waals surface area (Å²) in [6.45, 7) is -0.0165. The minimum Gasteiger partial charge on any atom is -0.389 e. The molecular weight excluding hydrogens is 146 g/mol. The molecule has 0 fully saturated rings. The van der Waals surface area contributed by atoms with Crippen molar-refractivity contribution in [2.75, 3.05) is 0 Å². The molecule has 1 N–H and O–H groups in total. The predicted molar refractivity (Wildman–Crippen MR) is 33.0 cm³/mol. The Labute approximate surface area is 55.8 Å². The maximum Gasteiger partial charge on any atom is 0.140 e. The zero-order chi connectivity index (χ0) is 5.98. The molecule has 4 heteroatoms. The van der Waals surface area contributed by atoms with Crippen molar-refractivity contribution in [2.45, 2.75) is 6.61 Å². The van der Waals surface area contributed by atoms with Gasteiger partial charge in [0.1, 0.15) is 10.2 Å². The summed E-state index contributed by atoms with van der Waals surface area (Å²) < 4.78 is 0. The summed E-state index contributed by atoms with van der Waals surface area (Å²) in [4.78, 5) is 3.76. The van der Waals surface area contributed by atoms with Gasteiger partial charge in [-0.1, -0.05) is 11.6 Å². The Bertz CT molecular complexity index is 176. The van der Waals surface area contributed by atoms with Crippen LogP contribution in [0.5, 0.6) is 0 Å². The largest absolute Gasteiger partial charge is 0.389 e. The number of rotatable bonds is 1.